The van der Waals surface area contributed by atoms with E-state index < -0.39 is 30.0 Å². The maximum atomic E-state index is 12.0. The number of alkyl carbamates (subject to hydrolysis) is 1. The van der Waals surface area contributed by atoms with E-state index in [4.69, 9.17) is 9.84 Å². The first kappa shape index (κ1) is 22.8. The van der Waals surface area contributed by atoms with Gasteiger partial charge in [0.1, 0.15) is 6.61 Å². The van der Waals surface area contributed by atoms with E-state index in [1.165, 1.54) is 6.92 Å². The Kier molecular flexibility index (Phi) is 7.13. The number of ether oxygens (including phenoxy) is 1. The van der Waals surface area contributed by atoms with Crippen LogP contribution in [-0.2, 0) is 14.3 Å². The molecular formula is C24H24N2O6. The molecule has 4 N–H and O–H groups in total. The van der Waals surface area contributed by atoms with Crippen molar-refractivity contribution in [3.8, 4) is 23.0 Å². The number of hydrogen-bond donors (Lipinski definition) is 4. The van der Waals surface area contributed by atoms with Gasteiger partial charge in [-0.3, -0.25) is 9.59 Å². The van der Waals surface area contributed by atoms with Crippen LogP contribution in [0.1, 0.15) is 30.4 Å². The first-order chi connectivity index (χ1) is 15.3. The average Bonchev–Trinajstić information content (AvgIpc) is 3.07. The van der Waals surface area contributed by atoms with E-state index in [1.54, 1.807) is 0 Å². The summed E-state index contributed by atoms with van der Waals surface area (Å²) in [4.78, 5) is 34.3. The summed E-state index contributed by atoms with van der Waals surface area (Å²) in [6.07, 6.45) is -1.16. The van der Waals surface area contributed by atoms with Crippen LogP contribution in [0.4, 0.5) is 4.79 Å². The number of hydrogen-bond acceptors (Lipinski definition) is 5. The Hall–Kier alpha value is -3.83. The van der Waals surface area contributed by atoms with Gasteiger partial charge >= 0.3 is 12.1 Å². The SMILES string of the molecule is CC(O)(CNC(=O)C#CCNC(=O)OCC1c2ccccc2-c2ccccc21)CC(=O)O. The summed E-state index contributed by atoms with van der Waals surface area (Å²) in [7, 11) is 0. The lowest BCUT2D eigenvalue weighted by Gasteiger charge is -2.20. The monoisotopic (exact) mass is 436 g/mol. The number of carboxylic acid groups (broad SMARTS) is 1. The van der Waals surface area contributed by atoms with Crippen molar-refractivity contribution in [2.24, 2.45) is 0 Å². The summed E-state index contributed by atoms with van der Waals surface area (Å²) in [5.41, 5.74) is 2.91. The molecule has 2 amide bonds. The maximum absolute atomic E-state index is 12.0. The topological polar surface area (TPSA) is 125 Å². The molecular weight excluding hydrogens is 412 g/mol. The lowest BCUT2D eigenvalue weighted by atomic mass is 9.98. The highest BCUT2D eigenvalue weighted by atomic mass is 16.5. The number of nitrogens with one attached hydrogen (secondary N) is 2. The van der Waals surface area contributed by atoms with Gasteiger partial charge in [-0.05, 0) is 35.1 Å². The standard InChI is InChI=1S/C24H24N2O6/c1-24(31,13-22(28)29)15-26-21(27)11-6-12-25-23(30)32-14-20-18-9-4-2-7-16(18)17-8-3-5-10-19(17)20/h2-5,7-10,20,31H,12-15H2,1H3,(H,25,30)(H,26,27)(H,28,29). The van der Waals surface area contributed by atoms with Crippen LogP contribution < -0.4 is 10.6 Å². The Morgan fingerprint density at radius 3 is 2.22 bits per heavy atom. The van der Waals surface area contributed by atoms with Gasteiger partial charge in [-0.25, -0.2) is 4.79 Å². The number of fused-ring (bicyclic) bond motifs is 3. The summed E-state index contributed by atoms with van der Waals surface area (Å²) >= 11 is 0. The van der Waals surface area contributed by atoms with Gasteiger partial charge in [0.2, 0.25) is 0 Å². The van der Waals surface area contributed by atoms with E-state index in [-0.39, 0.29) is 25.6 Å². The van der Waals surface area contributed by atoms with Crippen LogP contribution >= 0.6 is 0 Å². The van der Waals surface area contributed by atoms with Gasteiger partial charge in [0.25, 0.3) is 5.91 Å². The Morgan fingerprint density at radius 1 is 1.03 bits per heavy atom. The minimum Gasteiger partial charge on any atom is -0.481 e. The van der Waals surface area contributed by atoms with E-state index in [0.29, 0.717) is 0 Å². The van der Waals surface area contributed by atoms with Crippen molar-refractivity contribution in [1.29, 1.82) is 0 Å². The molecule has 0 heterocycles. The molecule has 0 radical (unpaired) electrons. The molecule has 0 aromatic heterocycles. The predicted molar refractivity (Wildman–Crippen MR) is 117 cm³/mol. The zero-order valence-electron chi connectivity index (χ0n) is 17.6. The molecule has 166 valence electrons. The number of benzene rings is 2. The highest BCUT2D eigenvalue weighted by molar-refractivity contribution is 5.93. The Balaban J connectivity index is 1.45. The minimum atomic E-state index is -1.58. The maximum Gasteiger partial charge on any atom is 0.407 e. The van der Waals surface area contributed by atoms with Crippen LogP contribution in [-0.4, -0.2) is 53.5 Å². The largest absolute Gasteiger partial charge is 0.481 e. The van der Waals surface area contributed by atoms with Gasteiger partial charge in [-0.1, -0.05) is 54.5 Å². The predicted octanol–water partition coefficient (Wildman–Crippen LogP) is 1.87. The molecule has 0 bridgehead atoms. The van der Waals surface area contributed by atoms with Crippen molar-refractivity contribution in [3.63, 3.8) is 0 Å². The van der Waals surface area contributed by atoms with Crippen molar-refractivity contribution in [3.05, 3.63) is 59.7 Å². The molecule has 8 heteroatoms. The molecule has 1 atom stereocenters. The molecule has 0 fully saturated rings. The van der Waals surface area contributed by atoms with Crippen LogP contribution in [0.3, 0.4) is 0 Å². The number of rotatable bonds is 7. The molecule has 0 saturated carbocycles. The van der Waals surface area contributed by atoms with Crippen molar-refractivity contribution < 1.29 is 29.3 Å². The molecule has 0 aliphatic heterocycles. The summed E-state index contributed by atoms with van der Waals surface area (Å²) in [6, 6.07) is 16.0. The van der Waals surface area contributed by atoms with Crippen LogP contribution in [0.5, 0.6) is 0 Å². The lowest BCUT2D eigenvalue weighted by molar-refractivity contribution is -0.142. The minimum absolute atomic E-state index is 0.0522. The first-order valence-electron chi connectivity index (χ1n) is 10.1. The molecule has 2 aromatic carbocycles. The van der Waals surface area contributed by atoms with Crippen LogP contribution in [0.15, 0.2) is 48.5 Å². The Bertz CT molecular complexity index is 1040. The lowest BCUT2D eigenvalue weighted by Crippen LogP contribution is -2.41. The third-order valence-corrected chi connectivity index (χ3v) is 5.03. The highest BCUT2D eigenvalue weighted by Gasteiger charge is 2.29. The number of carbonyl (C=O) groups is 3. The van der Waals surface area contributed by atoms with Gasteiger partial charge in [-0.2, -0.15) is 0 Å². The van der Waals surface area contributed by atoms with Crippen molar-refractivity contribution in [1.82, 2.24) is 10.6 Å². The molecule has 8 nitrogen and oxygen atoms in total. The van der Waals surface area contributed by atoms with Gasteiger partial charge in [0.05, 0.1) is 18.6 Å². The average molecular weight is 436 g/mol. The third kappa shape index (κ3) is 5.86. The Morgan fingerprint density at radius 2 is 1.62 bits per heavy atom. The van der Waals surface area contributed by atoms with Gasteiger partial charge in [-0.15, -0.1) is 0 Å². The molecule has 0 spiro atoms. The second-order valence-corrected chi connectivity index (χ2v) is 7.73. The molecule has 1 unspecified atom stereocenters. The van der Waals surface area contributed by atoms with E-state index in [0.717, 1.165) is 22.3 Å². The molecule has 0 saturated heterocycles. The van der Waals surface area contributed by atoms with Crippen molar-refractivity contribution in [2.45, 2.75) is 24.9 Å². The normalized spacial score (nSPS) is 13.6. The number of aliphatic hydroxyl groups is 1. The molecule has 32 heavy (non-hydrogen) atoms. The van der Waals surface area contributed by atoms with E-state index in [9.17, 15) is 19.5 Å². The number of amides is 2. The number of carbonyl (C=O) groups excluding carboxylic acids is 2. The van der Waals surface area contributed by atoms with Crippen LogP contribution in [0.25, 0.3) is 11.1 Å². The summed E-state index contributed by atoms with van der Waals surface area (Å²) in [6.45, 7) is 1.11. The molecule has 2 aromatic rings. The zero-order valence-corrected chi connectivity index (χ0v) is 17.6. The fraction of sp³-hybridized carbons (Fsp3) is 0.292. The third-order valence-electron chi connectivity index (χ3n) is 5.03. The first-order valence-corrected chi connectivity index (χ1v) is 10.1. The molecule has 3 rings (SSSR count). The molecule has 1 aliphatic carbocycles. The van der Waals surface area contributed by atoms with E-state index in [1.807, 2.05) is 36.4 Å². The second kappa shape index (κ2) is 9.98. The number of carboxylic acids is 1. The number of aliphatic carboxylic acids is 1. The smallest absolute Gasteiger partial charge is 0.407 e. The summed E-state index contributed by atoms with van der Waals surface area (Å²) < 4.78 is 5.37. The van der Waals surface area contributed by atoms with Crippen LogP contribution in [0, 0.1) is 11.8 Å². The Labute approximate surface area is 185 Å². The van der Waals surface area contributed by atoms with E-state index >= 15 is 0 Å². The van der Waals surface area contributed by atoms with Crippen LogP contribution in [0.2, 0.25) is 0 Å². The highest BCUT2D eigenvalue weighted by Crippen LogP contribution is 2.44. The zero-order chi connectivity index (χ0) is 23.1. The van der Waals surface area contributed by atoms with Gasteiger partial charge < -0.3 is 25.6 Å². The van der Waals surface area contributed by atoms with Crippen molar-refractivity contribution in [2.75, 3.05) is 19.7 Å². The fourth-order valence-corrected chi connectivity index (χ4v) is 3.59. The van der Waals surface area contributed by atoms with Gasteiger partial charge in [0, 0.05) is 12.5 Å². The van der Waals surface area contributed by atoms with Crippen molar-refractivity contribution >= 4 is 18.0 Å². The van der Waals surface area contributed by atoms with E-state index in [2.05, 4.69) is 34.6 Å². The fourth-order valence-electron chi connectivity index (χ4n) is 3.59. The quantitative estimate of drug-likeness (QED) is 0.491. The molecule has 1 aliphatic rings. The van der Waals surface area contributed by atoms with Gasteiger partial charge in [0.15, 0.2) is 0 Å². The summed E-state index contributed by atoms with van der Waals surface area (Å²) in [5, 5.41) is 23.3. The second-order valence-electron chi connectivity index (χ2n) is 7.73. The summed E-state index contributed by atoms with van der Waals surface area (Å²) in [5.74, 6) is 2.82.